The van der Waals surface area contributed by atoms with Crippen molar-refractivity contribution in [2.45, 2.75) is 83.7 Å². The number of benzene rings is 1. The van der Waals surface area contributed by atoms with Crippen molar-refractivity contribution in [3.63, 3.8) is 0 Å². The molecule has 1 aromatic carbocycles. The minimum atomic E-state index is -4.75. The number of hydrogen-bond donors (Lipinski definition) is 1. The van der Waals surface area contributed by atoms with Crippen molar-refractivity contribution in [3.8, 4) is 5.75 Å². The average molecular weight is 706 g/mol. The Hall–Kier alpha value is -0.258. The maximum Gasteiger partial charge on any atom is 0.448 e. The molecule has 0 heterocycles. The molecule has 0 aliphatic heterocycles. The van der Waals surface area contributed by atoms with Gasteiger partial charge >= 0.3 is 6.18 Å². The summed E-state index contributed by atoms with van der Waals surface area (Å²) in [6.45, 7) is 2.24. The minimum Gasteiger partial charge on any atom is -0.504 e. The van der Waals surface area contributed by atoms with E-state index in [0.717, 1.165) is 19.3 Å². The van der Waals surface area contributed by atoms with Gasteiger partial charge in [-0.05, 0) is 36.6 Å². The fraction of sp³-hybridized carbons (Fsp3) is 0.667. The van der Waals surface area contributed by atoms with Crippen LogP contribution in [0.2, 0.25) is 0 Å². The molecule has 1 aromatic rings. The summed E-state index contributed by atoms with van der Waals surface area (Å²) in [6.07, 6.45) is 7.38. The van der Waals surface area contributed by atoms with Crippen LogP contribution < -0.4 is 4.74 Å². The molecule has 0 unspecified atom stereocenters. The molecule has 0 amide bonds. The normalized spacial score (nSPS) is 12.4. The van der Waals surface area contributed by atoms with Gasteiger partial charge in [0.05, 0.1) is 11.5 Å². The van der Waals surface area contributed by atoms with Crippen molar-refractivity contribution in [3.05, 3.63) is 41.7 Å². The van der Waals surface area contributed by atoms with E-state index in [0.29, 0.717) is 23.8 Å². The molecule has 187 valence electrons. The van der Waals surface area contributed by atoms with Crippen molar-refractivity contribution in [1.29, 1.82) is 0 Å². The van der Waals surface area contributed by atoms with Gasteiger partial charge in [0, 0.05) is 44.1 Å². The van der Waals surface area contributed by atoms with Crippen LogP contribution in [0, 0.1) is 44.1 Å². The van der Waals surface area contributed by atoms with Crippen molar-refractivity contribution < 1.29 is 75.5 Å². The van der Waals surface area contributed by atoms with Crippen LogP contribution >= 0.6 is 0 Å². The summed E-state index contributed by atoms with van der Waals surface area (Å²) in [5.41, 5.74) is 0.571. The van der Waals surface area contributed by atoms with Gasteiger partial charge in [0.2, 0.25) is 0 Å². The summed E-state index contributed by atoms with van der Waals surface area (Å²) >= 11 is 0. The van der Waals surface area contributed by atoms with Gasteiger partial charge in [0.15, 0.2) is 15.6 Å². The Morgan fingerprint density at radius 2 is 1.42 bits per heavy atom. The third-order valence-corrected chi connectivity index (χ3v) is 6.92. The number of sulfone groups is 1. The number of aliphatic hydroxyl groups excluding tert-OH is 1. The third kappa shape index (κ3) is 16.9. The van der Waals surface area contributed by atoms with Gasteiger partial charge in [-0.2, -0.15) is 13.2 Å². The minimum absolute atomic E-state index is 0. The zero-order valence-electron chi connectivity index (χ0n) is 19.6. The molecule has 0 spiro atoms. The van der Waals surface area contributed by atoms with Crippen LogP contribution in [-0.4, -0.2) is 37.8 Å². The molecule has 0 aromatic heterocycles. The Bertz CT molecular complexity index is 763. The molecule has 1 rings (SSSR count). The topological polar surface area (TPSA) is 63.6 Å². The van der Waals surface area contributed by atoms with Crippen molar-refractivity contribution in [1.82, 2.24) is 0 Å². The first kappa shape index (κ1) is 32.7. The first-order valence-electron chi connectivity index (χ1n) is 11.5. The van der Waals surface area contributed by atoms with Gasteiger partial charge in [0.25, 0.3) is 0 Å². The quantitative estimate of drug-likeness (QED) is 0.141. The summed E-state index contributed by atoms with van der Waals surface area (Å²) in [6, 6.07) is 6.30. The van der Waals surface area contributed by atoms with E-state index in [1.807, 2.05) is 0 Å². The largest absolute Gasteiger partial charge is 0.504 e. The smallest absolute Gasteiger partial charge is 0.448 e. The average Bonchev–Trinajstić information content (AvgIpc) is 2.73. The maximum absolute atomic E-state index is 12.3. The van der Waals surface area contributed by atoms with Crippen LogP contribution in [0.1, 0.15) is 76.7 Å². The zero-order valence-corrected chi connectivity index (χ0v) is 25.1. The molecular weight excluding hydrogens is 668 g/mol. The van der Waals surface area contributed by atoms with Gasteiger partial charge in [-0.3, -0.25) is 0 Å². The van der Waals surface area contributed by atoms with Crippen molar-refractivity contribution >= 4 is 9.84 Å². The Balaban J connectivity index is 0.0000102. The molecule has 0 atom stereocenters. The van der Waals surface area contributed by atoms with E-state index in [-0.39, 0.29) is 68.6 Å². The summed E-state index contributed by atoms with van der Waals surface area (Å²) in [5.74, 6) is -1.06. The van der Waals surface area contributed by atoms with E-state index in [9.17, 15) is 21.6 Å². The molecular formula is C24H37AcF3O4S. The van der Waals surface area contributed by atoms with Crippen LogP contribution in [0.25, 0.3) is 0 Å². The molecule has 1 N–H and O–H groups in total. The predicted octanol–water partition coefficient (Wildman–Crippen LogP) is 6.95. The molecule has 0 fully saturated rings. The van der Waals surface area contributed by atoms with E-state index in [1.165, 1.54) is 38.5 Å². The molecule has 0 saturated carbocycles. The SMILES string of the molecule is CCCCCCCCCCCCS(=O)(=O)CCOc1ccc(C/C=C(\O)C(F)(F)F)cc1.[Ac]. The number of unbranched alkanes of at least 4 members (excludes halogenated alkanes) is 9. The van der Waals surface area contributed by atoms with E-state index >= 15 is 0 Å². The van der Waals surface area contributed by atoms with Crippen LogP contribution in [0.4, 0.5) is 13.2 Å². The Kier molecular flexibility index (Phi) is 17.9. The summed E-state index contributed by atoms with van der Waals surface area (Å²) in [4.78, 5) is 0. The van der Waals surface area contributed by atoms with E-state index in [2.05, 4.69) is 6.92 Å². The standard InChI is InChI=1S/C24H37F3O4S.Ac/c1-2-3-4-5-6-7-8-9-10-11-19-32(29,30)20-18-31-22-15-12-21(13-16-22)14-17-23(28)24(25,26)27;/h12-13,15-17,28H,2-11,14,18-20H2,1H3;/b23-17-;. The first-order valence-corrected chi connectivity index (χ1v) is 13.3. The van der Waals surface area contributed by atoms with Crippen molar-refractivity contribution in [2.75, 3.05) is 18.1 Å². The molecule has 0 saturated heterocycles. The number of hydrogen-bond acceptors (Lipinski definition) is 4. The van der Waals surface area contributed by atoms with Crippen molar-refractivity contribution in [2.24, 2.45) is 0 Å². The summed E-state index contributed by atoms with van der Waals surface area (Å²) in [7, 11) is -3.17. The second-order valence-electron chi connectivity index (χ2n) is 8.12. The second-order valence-corrected chi connectivity index (χ2v) is 10.4. The van der Waals surface area contributed by atoms with E-state index in [4.69, 9.17) is 9.84 Å². The third-order valence-electron chi connectivity index (χ3n) is 5.22. The predicted molar refractivity (Wildman–Crippen MR) is 123 cm³/mol. The molecule has 9 heteroatoms. The van der Waals surface area contributed by atoms with Crippen LogP contribution in [0.5, 0.6) is 5.75 Å². The molecule has 4 nitrogen and oxygen atoms in total. The van der Waals surface area contributed by atoms with Gasteiger partial charge in [-0.15, -0.1) is 0 Å². The van der Waals surface area contributed by atoms with Gasteiger partial charge in [-0.25, -0.2) is 8.42 Å². The second kappa shape index (κ2) is 18.1. The fourth-order valence-corrected chi connectivity index (χ4v) is 4.44. The number of ether oxygens (including phenoxy) is 1. The van der Waals surface area contributed by atoms with Crippen LogP contribution in [0.15, 0.2) is 36.1 Å². The summed E-state index contributed by atoms with van der Waals surface area (Å²) in [5, 5.41) is 8.90. The molecule has 0 aliphatic rings. The first-order chi connectivity index (χ1) is 15.1. The Labute approximate surface area is 232 Å². The number of halogens is 3. The van der Waals surface area contributed by atoms with E-state index < -0.39 is 21.8 Å². The summed E-state index contributed by atoms with van der Waals surface area (Å²) < 4.78 is 66.5. The maximum atomic E-state index is 12.3. The van der Waals surface area contributed by atoms with E-state index in [1.54, 1.807) is 24.3 Å². The van der Waals surface area contributed by atoms with Gasteiger partial charge in [0.1, 0.15) is 12.4 Å². The monoisotopic (exact) mass is 705 g/mol. The van der Waals surface area contributed by atoms with Crippen LogP contribution in [0.3, 0.4) is 0 Å². The fourth-order valence-electron chi connectivity index (χ4n) is 3.25. The number of alkyl halides is 3. The molecule has 33 heavy (non-hydrogen) atoms. The number of rotatable bonds is 17. The van der Waals surface area contributed by atoms with Gasteiger partial charge in [-0.1, -0.05) is 76.8 Å². The molecule has 0 aliphatic carbocycles. The number of aliphatic hydroxyl groups is 1. The zero-order chi connectivity index (χ0) is 23.9. The van der Waals surface area contributed by atoms with Gasteiger partial charge < -0.3 is 9.84 Å². The molecule has 1 radical (unpaired) electrons. The van der Waals surface area contributed by atoms with Crippen LogP contribution in [-0.2, 0) is 16.3 Å². The molecule has 0 bridgehead atoms. The Morgan fingerprint density at radius 1 is 0.909 bits per heavy atom. The number of allylic oxidation sites excluding steroid dienone is 2. The Morgan fingerprint density at radius 3 is 1.94 bits per heavy atom.